The van der Waals surface area contributed by atoms with Gasteiger partial charge < -0.3 is 15.0 Å². The highest BCUT2D eigenvalue weighted by atomic mass is 35.5. The van der Waals surface area contributed by atoms with Crippen molar-refractivity contribution in [3.8, 4) is 11.4 Å². The molecule has 0 bridgehead atoms. The second-order valence-corrected chi connectivity index (χ2v) is 13.4. The molecular weight excluding hydrogens is 542 g/mol. The molecule has 4 rings (SSSR count). The van der Waals surface area contributed by atoms with E-state index >= 15 is 0 Å². The number of rotatable bonds is 10. The fraction of sp³-hybridized carbons (Fsp3) is 0.593. The topological polar surface area (TPSA) is 114 Å². The number of sulfonamides is 1. The van der Waals surface area contributed by atoms with Crippen LogP contribution in [0.1, 0.15) is 52.9 Å². The molecule has 2 unspecified atom stereocenters. The normalized spacial score (nSPS) is 20.4. The fourth-order valence-electron chi connectivity index (χ4n) is 5.02. The molecule has 1 aliphatic carbocycles. The lowest BCUT2D eigenvalue weighted by Crippen LogP contribution is -2.50. The van der Waals surface area contributed by atoms with Crippen LogP contribution in [0, 0.1) is 5.92 Å². The molecule has 12 heteroatoms. The summed E-state index contributed by atoms with van der Waals surface area (Å²) in [6.45, 7) is 7.50. The van der Waals surface area contributed by atoms with Crippen molar-refractivity contribution < 1.29 is 17.9 Å². The molecule has 1 saturated carbocycles. The minimum Gasteiger partial charge on any atom is -0.483 e. The Morgan fingerprint density at radius 3 is 2.62 bits per heavy atom. The zero-order valence-electron chi connectivity index (χ0n) is 22.8. The molecule has 39 heavy (non-hydrogen) atoms. The number of nitrogens with zero attached hydrogens (tertiary/aromatic N) is 4. The third-order valence-corrected chi connectivity index (χ3v) is 9.88. The summed E-state index contributed by atoms with van der Waals surface area (Å²) in [6, 6.07) is 6.86. The summed E-state index contributed by atoms with van der Waals surface area (Å²) in [7, 11) is -3.37. The van der Waals surface area contributed by atoms with Gasteiger partial charge in [-0.15, -0.1) is 0 Å². The lowest BCUT2D eigenvalue weighted by molar-refractivity contribution is -0.124. The van der Waals surface area contributed by atoms with E-state index < -0.39 is 20.8 Å². The van der Waals surface area contributed by atoms with E-state index in [9.17, 15) is 18.0 Å². The number of hydrogen-bond acceptors (Lipinski definition) is 7. The van der Waals surface area contributed by atoms with Gasteiger partial charge >= 0.3 is 5.56 Å². The Hall–Kier alpha value is -2.63. The predicted octanol–water partition coefficient (Wildman–Crippen LogP) is 3.21. The minimum absolute atomic E-state index is 0.0309. The Morgan fingerprint density at radius 2 is 1.95 bits per heavy atom. The third kappa shape index (κ3) is 6.75. The van der Waals surface area contributed by atoms with E-state index in [-0.39, 0.29) is 23.7 Å². The highest BCUT2D eigenvalue weighted by molar-refractivity contribution is 7.89. The molecule has 2 heterocycles. The number of piperazine rings is 1. The van der Waals surface area contributed by atoms with Gasteiger partial charge in [0.25, 0.3) is 0 Å². The maximum Gasteiger partial charge on any atom is 0.316 e. The minimum atomic E-state index is -3.37. The van der Waals surface area contributed by atoms with E-state index in [0.717, 1.165) is 12.8 Å². The number of unbranched alkanes of at least 4 members (excludes halogenated alkanes) is 1. The molecule has 1 aliphatic heterocycles. The van der Waals surface area contributed by atoms with Gasteiger partial charge in [0, 0.05) is 43.7 Å². The fourth-order valence-corrected chi connectivity index (χ4v) is 6.48. The number of carbonyl (C=O) groups excluding carboxylic acids is 1. The van der Waals surface area contributed by atoms with Crippen LogP contribution >= 0.6 is 11.6 Å². The molecule has 2 fully saturated rings. The Kier molecular flexibility index (Phi) is 9.56. The highest BCUT2D eigenvalue weighted by Crippen LogP contribution is 2.33. The van der Waals surface area contributed by atoms with Crippen molar-refractivity contribution >= 4 is 33.2 Å². The summed E-state index contributed by atoms with van der Waals surface area (Å²) in [6.07, 6.45) is 5.12. The highest BCUT2D eigenvalue weighted by Gasteiger charge is 2.34. The van der Waals surface area contributed by atoms with Crippen LogP contribution in [-0.4, -0.2) is 72.5 Å². The maximum absolute atomic E-state index is 13.8. The zero-order valence-corrected chi connectivity index (χ0v) is 24.4. The van der Waals surface area contributed by atoms with E-state index in [2.05, 4.69) is 17.3 Å². The van der Waals surface area contributed by atoms with Crippen LogP contribution in [0.25, 0.3) is 5.69 Å². The number of carbonyl (C=O) groups is 1. The van der Waals surface area contributed by atoms with E-state index in [4.69, 9.17) is 16.3 Å². The van der Waals surface area contributed by atoms with Gasteiger partial charge in [-0.3, -0.25) is 9.59 Å². The third-order valence-electron chi connectivity index (χ3n) is 7.37. The number of nitrogens with one attached hydrogen (secondary N) is 1. The molecule has 2 atom stereocenters. The summed E-state index contributed by atoms with van der Waals surface area (Å²) in [5, 5.41) is 7.38. The molecule has 1 amide bonds. The number of aromatic nitrogens is 2. The van der Waals surface area contributed by atoms with Gasteiger partial charge in [0.15, 0.2) is 0 Å². The maximum atomic E-state index is 13.8. The van der Waals surface area contributed by atoms with Crippen molar-refractivity contribution in [3.63, 3.8) is 0 Å². The molecule has 0 radical (unpaired) electrons. The predicted molar refractivity (Wildman–Crippen MR) is 152 cm³/mol. The first kappa shape index (κ1) is 29.4. The van der Waals surface area contributed by atoms with Crippen LogP contribution < -0.4 is 20.5 Å². The smallest absolute Gasteiger partial charge is 0.316 e. The summed E-state index contributed by atoms with van der Waals surface area (Å²) < 4.78 is 34.4. The van der Waals surface area contributed by atoms with E-state index in [1.807, 2.05) is 4.90 Å². The zero-order chi connectivity index (χ0) is 28.2. The number of halogens is 1. The van der Waals surface area contributed by atoms with Crippen LogP contribution in [-0.2, 0) is 14.8 Å². The average Bonchev–Trinajstić information content (AvgIpc) is 3.38. The van der Waals surface area contributed by atoms with Crippen LogP contribution in [0.3, 0.4) is 0 Å². The lowest BCUT2D eigenvalue weighted by Gasteiger charge is -2.36. The van der Waals surface area contributed by atoms with Crippen LogP contribution in [0.5, 0.6) is 5.75 Å². The lowest BCUT2D eigenvalue weighted by atomic mass is 10.1. The molecule has 1 aromatic heterocycles. The largest absolute Gasteiger partial charge is 0.483 e. The second kappa shape index (κ2) is 12.7. The van der Waals surface area contributed by atoms with Gasteiger partial charge in [0.1, 0.15) is 5.69 Å². The monoisotopic (exact) mass is 579 g/mol. The van der Waals surface area contributed by atoms with E-state index in [0.29, 0.717) is 68.4 Å². The number of benzene rings is 1. The number of anilines is 1. The molecule has 2 aromatic rings. The van der Waals surface area contributed by atoms with Crippen molar-refractivity contribution in [3.05, 3.63) is 45.8 Å². The van der Waals surface area contributed by atoms with Crippen molar-refractivity contribution in [1.82, 2.24) is 19.4 Å². The van der Waals surface area contributed by atoms with Gasteiger partial charge in [0.05, 0.1) is 23.2 Å². The van der Waals surface area contributed by atoms with Crippen molar-refractivity contribution in [1.29, 1.82) is 0 Å². The molecule has 1 N–H and O–H groups in total. The van der Waals surface area contributed by atoms with Crippen molar-refractivity contribution in [2.45, 2.75) is 64.2 Å². The van der Waals surface area contributed by atoms with E-state index in [1.165, 1.54) is 8.99 Å². The summed E-state index contributed by atoms with van der Waals surface area (Å²) in [5.41, 5.74) is 0.606. The molecule has 0 spiro atoms. The first-order chi connectivity index (χ1) is 18.6. The first-order valence-electron chi connectivity index (χ1n) is 13.7. The van der Waals surface area contributed by atoms with Crippen molar-refractivity contribution in [2.24, 2.45) is 5.92 Å². The molecule has 1 aromatic carbocycles. The van der Waals surface area contributed by atoms with Crippen LogP contribution in [0.2, 0.25) is 5.02 Å². The van der Waals surface area contributed by atoms with Gasteiger partial charge in [-0.25, -0.2) is 8.42 Å². The van der Waals surface area contributed by atoms with Gasteiger partial charge in [-0.1, -0.05) is 31.0 Å². The Morgan fingerprint density at radius 1 is 1.21 bits per heavy atom. The SMILES string of the molecule is CCCCNC(=O)C1CCC(Oc2c(N3CCN(S(=O)(=O)C(C)C)CC3)cnn(-c3cccc(Cl)c3)c2=O)C1. The van der Waals surface area contributed by atoms with Gasteiger partial charge in [-0.05, 0) is 57.7 Å². The first-order valence-corrected chi connectivity index (χ1v) is 15.6. The van der Waals surface area contributed by atoms with Crippen LogP contribution in [0.15, 0.2) is 35.3 Å². The summed E-state index contributed by atoms with van der Waals surface area (Å²) in [4.78, 5) is 28.3. The quantitative estimate of drug-likeness (QED) is 0.430. The van der Waals surface area contributed by atoms with Crippen LogP contribution in [0.4, 0.5) is 5.69 Å². The second-order valence-electron chi connectivity index (χ2n) is 10.4. The Labute approximate surface area is 235 Å². The van der Waals surface area contributed by atoms with Crippen molar-refractivity contribution in [2.75, 3.05) is 37.6 Å². The molecule has 214 valence electrons. The number of hydrogen-bond donors (Lipinski definition) is 1. The number of amides is 1. The standard InChI is InChI=1S/C27H38ClN5O5S/c1-4-5-11-29-26(34)20-9-10-23(16-20)38-25-24(31-12-14-32(15-13-31)39(36,37)19(2)3)18-30-33(27(25)35)22-8-6-7-21(28)17-22/h6-8,17-20,23H,4-5,9-16H2,1-3H3,(H,29,34). The number of ether oxygens (including phenoxy) is 1. The Bertz CT molecular complexity index is 1320. The molecule has 10 nitrogen and oxygen atoms in total. The molecular formula is C27H38ClN5O5S. The molecule has 1 saturated heterocycles. The molecule has 2 aliphatic rings. The van der Waals surface area contributed by atoms with E-state index in [1.54, 1.807) is 44.3 Å². The van der Waals surface area contributed by atoms with Gasteiger partial charge in [0.2, 0.25) is 21.7 Å². The summed E-state index contributed by atoms with van der Waals surface area (Å²) in [5.74, 6) is 0.0302. The van der Waals surface area contributed by atoms with Gasteiger partial charge in [-0.2, -0.15) is 14.1 Å². The summed E-state index contributed by atoms with van der Waals surface area (Å²) >= 11 is 6.17. The average molecular weight is 580 g/mol. The Balaban J connectivity index is 1.58.